The summed E-state index contributed by atoms with van der Waals surface area (Å²) in [4.78, 5) is 39.3. The molecule has 0 unspecified atom stereocenters. The van der Waals surface area contributed by atoms with Crippen LogP contribution in [0.5, 0.6) is 0 Å². The molecule has 23 heavy (non-hydrogen) atoms. The van der Waals surface area contributed by atoms with Gasteiger partial charge in [0.2, 0.25) is 0 Å². The molecule has 1 aromatic rings. The highest BCUT2D eigenvalue weighted by Gasteiger charge is 2.57. The van der Waals surface area contributed by atoms with Crippen LogP contribution >= 0.6 is 0 Å². The van der Waals surface area contributed by atoms with Gasteiger partial charge in [-0.05, 0) is 45.7 Å². The Balaban J connectivity index is 1.90. The van der Waals surface area contributed by atoms with Gasteiger partial charge in [0.15, 0.2) is 0 Å². The number of hydrogen-bond acceptors (Lipinski definition) is 3. The number of fused-ring (bicyclic) bond motifs is 1. The van der Waals surface area contributed by atoms with Gasteiger partial charge in [0.05, 0.1) is 23.2 Å². The van der Waals surface area contributed by atoms with Crippen molar-refractivity contribution in [3.63, 3.8) is 0 Å². The van der Waals surface area contributed by atoms with Crippen LogP contribution in [0.1, 0.15) is 54.3 Å². The third kappa shape index (κ3) is 2.38. The molecule has 1 N–H and O–H groups in total. The number of amides is 3. The Morgan fingerprint density at radius 2 is 1.65 bits per heavy atom. The molecule has 3 amide bonds. The minimum absolute atomic E-state index is 0.114. The van der Waals surface area contributed by atoms with Gasteiger partial charge in [-0.3, -0.25) is 19.4 Å². The standard InChI is InChI=1S/C17H20N2O4/c1-16(2,3)19(15(22)23)17(8-9-17)10-18-13(20)11-6-4-5-7-12(11)14(18)21/h4-7H,8-10H2,1-3H3,(H,22,23). The Hall–Kier alpha value is -2.37. The lowest BCUT2D eigenvalue weighted by atomic mass is 10.0. The lowest BCUT2D eigenvalue weighted by Gasteiger charge is -2.41. The molecule has 1 aliphatic carbocycles. The van der Waals surface area contributed by atoms with E-state index in [2.05, 4.69) is 0 Å². The molecule has 3 rings (SSSR count). The number of rotatable bonds is 3. The lowest BCUT2D eigenvalue weighted by Crippen LogP contribution is -2.57. The number of carbonyl (C=O) groups excluding carboxylic acids is 2. The monoisotopic (exact) mass is 316 g/mol. The molecule has 6 nitrogen and oxygen atoms in total. The molecule has 6 heteroatoms. The molecule has 122 valence electrons. The number of imide groups is 1. The maximum atomic E-state index is 12.5. The molecule has 1 fully saturated rings. The molecule has 0 radical (unpaired) electrons. The maximum Gasteiger partial charge on any atom is 0.408 e. The SMILES string of the molecule is CC(C)(C)N(C(=O)O)C1(CN2C(=O)c3ccccc3C2=O)CC1. The second kappa shape index (κ2) is 4.81. The summed E-state index contributed by atoms with van der Waals surface area (Å²) in [6, 6.07) is 6.71. The van der Waals surface area contributed by atoms with Crippen molar-refractivity contribution in [2.24, 2.45) is 0 Å². The van der Waals surface area contributed by atoms with E-state index < -0.39 is 17.2 Å². The fraction of sp³-hybridized carbons (Fsp3) is 0.471. The van der Waals surface area contributed by atoms with Gasteiger partial charge in [0, 0.05) is 5.54 Å². The normalized spacial score (nSPS) is 18.8. The van der Waals surface area contributed by atoms with Crippen molar-refractivity contribution in [2.75, 3.05) is 6.54 Å². The summed E-state index contributed by atoms with van der Waals surface area (Å²) in [5.41, 5.74) is -0.477. The summed E-state index contributed by atoms with van der Waals surface area (Å²) in [5, 5.41) is 9.60. The van der Waals surface area contributed by atoms with Crippen LogP contribution in [0.2, 0.25) is 0 Å². The highest BCUT2D eigenvalue weighted by Crippen LogP contribution is 2.46. The molecule has 1 aromatic carbocycles. The minimum Gasteiger partial charge on any atom is -0.465 e. The number of carbonyl (C=O) groups is 3. The zero-order valence-corrected chi connectivity index (χ0v) is 13.5. The first-order valence-electron chi connectivity index (χ1n) is 7.66. The van der Waals surface area contributed by atoms with E-state index in [0.29, 0.717) is 24.0 Å². The van der Waals surface area contributed by atoms with E-state index in [1.165, 1.54) is 9.80 Å². The quantitative estimate of drug-likeness (QED) is 0.869. The van der Waals surface area contributed by atoms with Gasteiger partial charge in [-0.2, -0.15) is 0 Å². The van der Waals surface area contributed by atoms with Crippen molar-refractivity contribution < 1.29 is 19.5 Å². The first-order chi connectivity index (χ1) is 10.7. The van der Waals surface area contributed by atoms with Crippen LogP contribution in [0.3, 0.4) is 0 Å². The smallest absolute Gasteiger partial charge is 0.408 e. The minimum atomic E-state index is -1.02. The number of benzene rings is 1. The van der Waals surface area contributed by atoms with Gasteiger partial charge >= 0.3 is 6.09 Å². The van der Waals surface area contributed by atoms with Gasteiger partial charge in [-0.25, -0.2) is 4.79 Å². The largest absolute Gasteiger partial charge is 0.465 e. The summed E-state index contributed by atoms with van der Waals surface area (Å²) < 4.78 is 0. The zero-order valence-electron chi connectivity index (χ0n) is 13.5. The predicted octanol–water partition coefficient (Wildman–Crippen LogP) is 2.59. The Labute approximate surface area is 134 Å². The van der Waals surface area contributed by atoms with E-state index in [1.807, 2.05) is 20.8 Å². The highest BCUT2D eigenvalue weighted by molar-refractivity contribution is 6.21. The lowest BCUT2D eigenvalue weighted by molar-refractivity contribution is 0.0363. The van der Waals surface area contributed by atoms with Gasteiger partial charge in [0.25, 0.3) is 11.8 Å². The third-order valence-electron chi connectivity index (χ3n) is 4.49. The van der Waals surface area contributed by atoms with E-state index in [4.69, 9.17) is 0 Å². The summed E-state index contributed by atoms with van der Waals surface area (Å²) in [6.07, 6.45) is 0.292. The fourth-order valence-electron chi connectivity index (χ4n) is 3.48. The van der Waals surface area contributed by atoms with E-state index in [-0.39, 0.29) is 18.4 Å². The van der Waals surface area contributed by atoms with Crippen molar-refractivity contribution >= 4 is 17.9 Å². The Morgan fingerprint density at radius 3 is 2.00 bits per heavy atom. The van der Waals surface area contributed by atoms with Crippen LogP contribution < -0.4 is 0 Å². The fourth-order valence-corrected chi connectivity index (χ4v) is 3.48. The molecule has 1 saturated carbocycles. The van der Waals surface area contributed by atoms with Gasteiger partial charge < -0.3 is 5.11 Å². The Kier molecular flexibility index (Phi) is 3.25. The Bertz CT molecular complexity index is 666. The van der Waals surface area contributed by atoms with Crippen molar-refractivity contribution in [1.82, 2.24) is 9.80 Å². The molecule has 0 bridgehead atoms. The van der Waals surface area contributed by atoms with E-state index in [0.717, 1.165) is 0 Å². The summed E-state index contributed by atoms with van der Waals surface area (Å²) >= 11 is 0. The molecular weight excluding hydrogens is 296 g/mol. The predicted molar refractivity (Wildman–Crippen MR) is 83.4 cm³/mol. The van der Waals surface area contributed by atoms with Gasteiger partial charge in [-0.1, -0.05) is 12.1 Å². The summed E-state index contributed by atoms with van der Waals surface area (Å²) in [6.45, 7) is 5.58. The second-order valence-electron chi connectivity index (χ2n) is 7.26. The zero-order chi connectivity index (χ0) is 17.0. The van der Waals surface area contributed by atoms with Crippen LogP contribution in [-0.4, -0.2) is 50.4 Å². The first kappa shape index (κ1) is 15.5. The van der Waals surface area contributed by atoms with Crippen LogP contribution in [-0.2, 0) is 0 Å². The summed E-state index contributed by atoms with van der Waals surface area (Å²) in [5.74, 6) is -0.674. The molecule has 2 aliphatic rings. The van der Waals surface area contributed by atoms with Crippen LogP contribution in [0.25, 0.3) is 0 Å². The molecule has 0 spiro atoms. The van der Waals surface area contributed by atoms with Crippen molar-refractivity contribution in [3.8, 4) is 0 Å². The summed E-state index contributed by atoms with van der Waals surface area (Å²) in [7, 11) is 0. The molecule has 0 atom stereocenters. The molecule has 0 saturated heterocycles. The molecule has 1 aliphatic heterocycles. The van der Waals surface area contributed by atoms with E-state index >= 15 is 0 Å². The molecular formula is C17H20N2O4. The van der Waals surface area contributed by atoms with Crippen LogP contribution in [0.4, 0.5) is 4.79 Å². The average Bonchev–Trinajstić information content (AvgIpc) is 3.16. The number of nitrogens with zero attached hydrogens (tertiary/aromatic N) is 2. The van der Waals surface area contributed by atoms with Gasteiger partial charge in [-0.15, -0.1) is 0 Å². The molecule has 0 aromatic heterocycles. The van der Waals surface area contributed by atoms with Crippen molar-refractivity contribution in [3.05, 3.63) is 35.4 Å². The van der Waals surface area contributed by atoms with Crippen molar-refractivity contribution in [1.29, 1.82) is 0 Å². The van der Waals surface area contributed by atoms with E-state index in [1.54, 1.807) is 24.3 Å². The second-order valence-corrected chi connectivity index (χ2v) is 7.26. The van der Waals surface area contributed by atoms with Crippen LogP contribution in [0, 0.1) is 0 Å². The third-order valence-corrected chi connectivity index (χ3v) is 4.49. The number of carboxylic acid groups (broad SMARTS) is 1. The Morgan fingerprint density at radius 1 is 1.17 bits per heavy atom. The number of hydrogen-bond donors (Lipinski definition) is 1. The van der Waals surface area contributed by atoms with Crippen molar-refractivity contribution in [2.45, 2.75) is 44.7 Å². The van der Waals surface area contributed by atoms with Crippen LogP contribution in [0.15, 0.2) is 24.3 Å². The highest BCUT2D eigenvalue weighted by atomic mass is 16.4. The molecule has 1 heterocycles. The average molecular weight is 316 g/mol. The first-order valence-corrected chi connectivity index (χ1v) is 7.66. The maximum absolute atomic E-state index is 12.5. The van der Waals surface area contributed by atoms with Gasteiger partial charge in [0.1, 0.15) is 0 Å². The topological polar surface area (TPSA) is 77.9 Å². The van der Waals surface area contributed by atoms with E-state index in [9.17, 15) is 19.5 Å².